The molecule has 0 aliphatic carbocycles. The smallest absolute Gasteiger partial charge is 0.238 e. The molecular weight excluding hydrogens is 327 g/mol. The first-order valence-electron chi connectivity index (χ1n) is 7.47. The SMILES string of the molecule is COc1cc(CN(C)CC(=O)Nc2ccccc2F)ccc1SC. The van der Waals surface area contributed by atoms with Gasteiger partial charge in [0.25, 0.3) is 0 Å². The fraction of sp³-hybridized carbons (Fsp3) is 0.278. The molecule has 2 rings (SSSR count). The zero-order chi connectivity index (χ0) is 17.5. The van der Waals surface area contributed by atoms with Gasteiger partial charge in [-0.25, -0.2) is 4.39 Å². The number of carbonyl (C=O) groups is 1. The van der Waals surface area contributed by atoms with Gasteiger partial charge in [0.2, 0.25) is 5.91 Å². The Morgan fingerprint density at radius 2 is 2.04 bits per heavy atom. The van der Waals surface area contributed by atoms with E-state index in [2.05, 4.69) is 5.32 Å². The summed E-state index contributed by atoms with van der Waals surface area (Å²) in [7, 11) is 3.49. The van der Waals surface area contributed by atoms with E-state index in [0.29, 0.717) is 6.54 Å². The summed E-state index contributed by atoms with van der Waals surface area (Å²) in [5, 5.41) is 2.58. The molecule has 0 saturated heterocycles. The molecule has 0 aliphatic rings. The number of amides is 1. The summed E-state index contributed by atoms with van der Waals surface area (Å²) in [5.41, 5.74) is 1.24. The molecule has 1 amide bonds. The standard InChI is InChI=1S/C18H21FN2O2S/c1-21(11-13-8-9-17(24-3)16(10-13)23-2)12-18(22)20-15-7-5-4-6-14(15)19/h4-10H,11-12H2,1-3H3,(H,20,22). The molecule has 24 heavy (non-hydrogen) atoms. The van der Waals surface area contributed by atoms with Crippen molar-refractivity contribution in [2.45, 2.75) is 11.4 Å². The molecule has 2 aromatic carbocycles. The molecule has 128 valence electrons. The number of hydrogen-bond donors (Lipinski definition) is 1. The summed E-state index contributed by atoms with van der Waals surface area (Å²) in [6, 6.07) is 12.1. The van der Waals surface area contributed by atoms with Gasteiger partial charge in [0.15, 0.2) is 0 Å². The van der Waals surface area contributed by atoms with Crippen molar-refractivity contribution in [2.75, 3.05) is 32.3 Å². The number of methoxy groups -OCH3 is 1. The summed E-state index contributed by atoms with van der Waals surface area (Å²) in [4.78, 5) is 15.0. The number of thioether (sulfide) groups is 1. The highest BCUT2D eigenvalue weighted by Crippen LogP contribution is 2.28. The van der Waals surface area contributed by atoms with Crippen molar-refractivity contribution in [2.24, 2.45) is 0 Å². The van der Waals surface area contributed by atoms with Crippen LogP contribution in [0, 0.1) is 5.82 Å². The largest absolute Gasteiger partial charge is 0.496 e. The number of hydrogen-bond acceptors (Lipinski definition) is 4. The number of rotatable bonds is 7. The third-order valence-electron chi connectivity index (χ3n) is 3.46. The molecule has 0 unspecified atom stereocenters. The number of anilines is 1. The predicted octanol–water partition coefficient (Wildman–Crippen LogP) is 3.63. The van der Waals surface area contributed by atoms with Gasteiger partial charge < -0.3 is 10.1 Å². The average molecular weight is 348 g/mol. The molecular formula is C18H21FN2O2S. The Morgan fingerprint density at radius 3 is 2.71 bits per heavy atom. The van der Waals surface area contributed by atoms with Gasteiger partial charge in [0.05, 0.1) is 19.3 Å². The quantitative estimate of drug-likeness (QED) is 0.776. The van der Waals surface area contributed by atoms with Crippen LogP contribution >= 0.6 is 11.8 Å². The second-order valence-corrected chi connectivity index (χ2v) is 6.24. The molecule has 0 heterocycles. The minimum absolute atomic E-state index is 0.168. The number of benzene rings is 2. The topological polar surface area (TPSA) is 41.6 Å². The number of nitrogens with one attached hydrogen (secondary N) is 1. The van der Waals surface area contributed by atoms with Gasteiger partial charge in [-0.1, -0.05) is 18.2 Å². The van der Waals surface area contributed by atoms with E-state index in [1.54, 1.807) is 37.1 Å². The highest BCUT2D eigenvalue weighted by atomic mass is 32.2. The van der Waals surface area contributed by atoms with Crippen molar-refractivity contribution < 1.29 is 13.9 Å². The highest BCUT2D eigenvalue weighted by molar-refractivity contribution is 7.98. The molecule has 0 aromatic heterocycles. The van der Waals surface area contributed by atoms with E-state index < -0.39 is 5.82 Å². The number of halogens is 1. The van der Waals surface area contributed by atoms with E-state index in [9.17, 15) is 9.18 Å². The molecule has 0 bridgehead atoms. The van der Waals surface area contributed by atoms with Gasteiger partial charge in [-0.3, -0.25) is 9.69 Å². The van der Waals surface area contributed by atoms with Crippen molar-refractivity contribution in [3.63, 3.8) is 0 Å². The number of carbonyl (C=O) groups excluding carboxylic acids is 1. The molecule has 2 aromatic rings. The van der Waals surface area contributed by atoms with Crippen molar-refractivity contribution in [3.8, 4) is 5.75 Å². The van der Waals surface area contributed by atoms with Crippen LogP contribution in [0.15, 0.2) is 47.4 Å². The predicted molar refractivity (Wildman–Crippen MR) is 96.1 cm³/mol. The lowest BCUT2D eigenvalue weighted by Crippen LogP contribution is -2.30. The van der Waals surface area contributed by atoms with Crippen LogP contribution < -0.4 is 10.1 Å². The van der Waals surface area contributed by atoms with Crippen LogP contribution in [0.25, 0.3) is 0 Å². The third-order valence-corrected chi connectivity index (χ3v) is 4.24. The van der Waals surface area contributed by atoms with Gasteiger partial charge in [0.1, 0.15) is 11.6 Å². The first-order valence-corrected chi connectivity index (χ1v) is 8.69. The van der Waals surface area contributed by atoms with Crippen LogP contribution in [0.5, 0.6) is 5.75 Å². The molecule has 1 N–H and O–H groups in total. The molecule has 0 spiro atoms. The Balaban J connectivity index is 1.94. The molecule has 0 atom stereocenters. The maximum atomic E-state index is 13.5. The van der Waals surface area contributed by atoms with Crippen molar-refractivity contribution in [1.29, 1.82) is 0 Å². The van der Waals surface area contributed by atoms with Crippen LogP contribution in [0.3, 0.4) is 0 Å². The number of nitrogens with zero attached hydrogens (tertiary/aromatic N) is 1. The molecule has 0 saturated carbocycles. The lowest BCUT2D eigenvalue weighted by molar-refractivity contribution is -0.117. The van der Waals surface area contributed by atoms with Crippen molar-refractivity contribution in [3.05, 3.63) is 53.8 Å². The fourth-order valence-corrected chi connectivity index (χ4v) is 2.89. The van der Waals surface area contributed by atoms with Gasteiger partial charge in [0, 0.05) is 11.4 Å². The van der Waals surface area contributed by atoms with Crippen LogP contribution in [0.1, 0.15) is 5.56 Å². The maximum Gasteiger partial charge on any atom is 0.238 e. The minimum Gasteiger partial charge on any atom is -0.496 e. The normalized spacial score (nSPS) is 10.7. The zero-order valence-corrected chi connectivity index (χ0v) is 14.8. The van der Waals surface area contributed by atoms with E-state index in [4.69, 9.17) is 4.74 Å². The van der Waals surface area contributed by atoms with E-state index in [-0.39, 0.29) is 18.1 Å². The zero-order valence-electron chi connectivity index (χ0n) is 14.0. The molecule has 0 radical (unpaired) electrons. The first kappa shape index (κ1) is 18.3. The van der Waals surface area contributed by atoms with Crippen LogP contribution in [0.4, 0.5) is 10.1 Å². The van der Waals surface area contributed by atoms with Crippen molar-refractivity contribution >= 4 is 23.4 Å². The second-order valence-electron chi connectivity index (χ2n) is 5.39. The Hall–Kier alpha value is -2.05. The number of ether oxygens (including phenoxy) is 1. The lowest BCUT2D eigenvalue weighted by atomic mass is 10.2. The van der Waals surface area contributed by atoms with Gasteiger partial charge in [-0.2, -0.15) is 0 Å². The Morgan fingerprint density at radius 1 is 1.29 bits per heavy atom. The minimum atomic E-state index is -0.439. The summed E-state index contributed by atoms with van der Waals surface area (Å²) in [6.07, 6.45) is 2.00. The Labute approximate surface area is 146 Å². The average Bonchev–Trinajstić information content (AvgIpc) is 2.56. The van der Waals surface area contributed by atoms with Crippen LogP contribution in [0.2, 0.25) is 0 Å². The van der Waals surface area contributed by atoms with E-state index in [0.717, 1.165) is 16.2 Å². The summed E-state index contributed by atoms with van der Waals surface area (Å²) < 4.78 is 18.9. The summed E-state index contributed by atoms with van der Waals surface area (Å²) in [6.45, 7) is 0.761. The monoisotopic (exact) mass is 348 g/mol. The fourth-order valence-electron chi connectivity index (χ4n) is 2.34. The van der Waals surface area contributed by atoms with Gasteiger partial charge in [-0.15, -0.1) is 11.8 Å². The number of para-hydroxylation sites is 1. The van der Waals surface area contributed by atoms with Crippen molar-refractivity contribution in [1.82, 2.24) is 4.90 Å². The third kappa shape index (κ3) is 4.97. The summed E-state index contributed by atoms with van der Waals surface area (Å²) in [5.74, 6) is 0.130. The molecule has 0 fully saturated rings. The van der Waals surface area contributed by atoms with Crippen LogP contribution in [-0.2, 0) is 11.3 Å². The Bertz CT molecular complexity index is 709. The van der Waals surface area contributed by atoms with E-state index in [1.165, 1.54) is 6.07 Å². The van der Waals surface area contributed by atoms with E-state index in [1.807, 2.05) is 36.4 Å². The molecule has 4 nitrogen and oxygen atoms in total. The number of likely N-dealkylation sites (N-methyl/N-ethyl adjacent to an activating group) is 1. The first-order chi connectivity index (χ1) is 11.5. The van der Waals surface area contributed by atoms with E-state index >= 15 is 0 Å². The summed E-state index contributed by atoms with van der Waals surface area (Å²) >= 11 is 1.62. The lowest BCUT2D eigenvalue weighted by Gasteiger charge is -2.17. The van der Waals surface area contributed by atoms with Gasteiger partial charge >= 0.3 is 0 Å². The molecule has 0 aliphatic heterocycles. The maximum absolute atomic E-state index is 13.5. The second kappa shape index (κ2) is 8.70. The van der Waals surface area contributed by atoms with Gasteiger partial charge in [-0.05, 0) is 43.1 Å². The van der Waals surface area contributed by atoms with Crippen LogP contribution in [-0.4, -0.2) is 37.8 Å². The highest BCUT2D eigenvalue weighted by Gasteiger charge is 2.11. The molecule has 6 heteroatoms. The Kier molecular flexibility index (Phi) is 6.63.